The van der Waals surface area contributed by atoms with Crippen LogP contribution in [0.5, 0.6) is 0 Å². The van der Waals surface area contributed by atoms with Gasteiger partial charge >= 0.3 is 11.8 Å². The number of nitrogens with zero attached hydrogens (tertiary/aromatic N) is 1. The minimum absolute atomic E-state index is 0.259. The summed E-state index contributed by atoms with van der Waals surface area (Å²) in [6.45, 7) is 3.62. The lowest BCUT2D eigenvalue weighted by Gasteiger charge is -2.30. The lowest BCUT2D eigenvalue weighted by molar-refractivity contribution is -0.146. The predicted molar refractivity (Wildman–Crippen MR) is 78.1 cm³/mol. The minimum atomic E-state index is -0.597. The van der Waals surface area contributed by atoms with Crippen LogP contribution in [0.2, 0.25) is 0 Å². The molecule has 0 aliphatic carbocycles. The average molecular weight is 292 g/mol. The fourth-order valence-electron chi connectivity index (χ4n) is 2.60. The second-order valence-electron chi connectivity index (χ2n) is 5.60. The van der Waals surface area contributed by atoms with Crippen LogP contribution in [0.15, 0.2) is 24.3 Å². The van der Waals surface area contributed by atoms with Gasteiger partial charge in [-0.3, -0.25) is 9.59 Å². The number of hydrogen-bond acceptors (Lipinski definition) is 2. The van der Waals surface area contributed by atoms with E-state index in [1.165, 1.54) is 6.07 Å². The summed E-state index contributed by atoms with van der Waals surface area (Å²) in [6, 6.07) is 6.44. The van der Waals surface area contributed by atoms with Crippen molar-refractivity contribution in [3.05, 3.63) is 35.6 Å². The van der Waals surface area contributed by atoms with Crippen LogP contribution in [-0.2, 0) is 16.0 Å². The monoisotopic (exact) mass is 292 g/mol. The normalized spacial score (nSPS) is 18.4. The Bertz CT molecular complexity index is 519. The molecule has 2 rings (SSSR count). The molecule has 1 aliphatic rings. The van der Waals surface area contributed by atoms with E-state index in [1.807, 2.05) is 0 Å². The first kappa shape index (κ1) is 15.5. The molecule has 1 N–H and O–H groups in total. The van der Waals surface area contributed by atoms with Crippen molar-refractivity contribution < 1.29 is 14.0 Å². The van der Waals surface area contributed by atoms with Gasteiger partial charge in [-0.05, 0) is 36.8 Å². The van der Waals surface area contributed by atoms with Crippen molar-refractivity contribution in [1.29, 1.82) is 0 Å². The van der Waals surface area contributed by atoms with Gasteiger partial charge in [0.05, 0.1) is 0 Å². The topological polar surface area (TPSA) is 49.4 Å². The molecule has 4 nitrogen and oxygen atoms in total. The van der Waals surface area contributed by atoms with E-state index < -0.39 is 11.8 Å². The molecule has 1 fully saturated rings. The molecule has 1 atom stereocenters. The minimum Gasteiger partial charge on any atom is -0.347 e. The molecule has 0 aromatic heterocycles. The van der Waals surface area contributed by atoms with Crippen LogP contribution in [0.25, 0.3) is 0 Å². The van der Waals surface area contributed by atoms with Gasteiger partial charge in [-0.2, -0.15) is 0 Å². The molecule has 1 unspecified atom stereocenters. The Balaban J connectivity index is 1.79. The molecule has 0 saturated carbocycles. The van der Waals surface area contributed by atoms with Gasteiger partial charge < -0.3 is 10.2 Å². The van der Waals surface area contributed by atoms with E-state index in [1.54, 1.807) is 23.1 Å². The standard InChI is InChI=1S/C16H21FN2O2/c1-12-5-4-10-19(11-12)16(21)15(20)18-9-8-13-6-2-3-7-14(13)17/h2-3,6-7,12H,4-5,8-11H2,1H3,(H,18,20). The molecular formula is C16H21FN2O2. The maximum Gasteiger partial charge on any atom is 0.311 e. The first-order chi connectivity index (χ1) is 10.1. The van der Waals surface area contributed by atoms with Gasteiger partial charge in [0.2, 0.25) is 0 Å². The Morgan fingerprint density at radius 1 is 1.38 bits per heavy atom. The molecule has 2 amide bonds. The van der Waals surface area contributed by atoms with Crippen LogP contribution in [0.4, 0.5) is 4.39 Å². The number of halogens is 1. The maximum absolute atomic E-state index is 13.4. The fraction of sp³-hybridized carbons (Fsp3) is 0.500. The van der Waals surface area contributed by atoms with Gasteiger partial charge in [0.15, 0.2) is 0 Å². The summed E-state index contributed by atoms with van der Waals surface area (Å²) < 4.78 is 13.4. The first-order valence-corrected chi connectivity index (χ1v) is 7.38. The summed E-state index contributed by atoms with van der Waals surface area (Å²) >= 11 is 0. The van der Waals surface area contributed by atoms with Crippen molar-refractivity contribution in [3.8, 4) is 0 Å². The number of piperidine rings is 1. The Kier molecular flexibility index (Phi) is 5.31. The number of carbonyl (C=O) groups excluding carboxylic acids is 2. The molecule has 1 aromatic carbocycles. The van der Waals surface area contributed by atoms with E-state index in [-0.39, 0.29) is 12.4 Å². The van der Waals surface area contributed by atoms with E-state index in [2.05, 4.69) is 12.2 Å². The van der Waals surface area contributed by atoms with Crippen LogP contribution >= 0.6 is 0 Å². The van der Waals surface area contributed by atoms with E-state index >= 15 is 0 Å². The van der Waals surface area contributed by atoms with Crippen molar-refractivity contribution in [2.24, 2.45) is 5.92 Å². The fourth-order valence-corrected chi connectivity index (χ4v) is 2.60. The molecule has 21 heavy (non-hydrogen) atoms. The molecule has 114 valence electrons. The summed E-state index contributed by atoms with van der Waals surface area (Å²) in [5.41, 5.74) is 0.539. The molecule has 0 bridgehead atoms. The Morgan fingerprint density at radius 3 is 2.86 bits per heavy atom. The molecule has 1 heterocycles. The Labute approximate surface area is 124 Å². The Hall–Kier alpha value is -1.91. The summed E-state index contributed by atoms with van der Waals surface area (Å²) in [5, 5.41) is 2.57. The van der Waals surface area contributed by atoms with Crippen molar-refractivity contribution in [2.45, 2.75) is 26.2 Å². The van der Waals surface area contributed by atoms with Gasteiger partial charge in [-0.15, -0.1) is 0 Å². The van der Waals surface area contributed by atoms with Crippen LogP contribution in [-0.4, -0.2) is 36.3 Å². The van der Waals surface area contributed by atoms with Gasteiger partial charge in [0.25, 0.3) is 0 Å². The second kappa shape index (κ2) is 7.20. The average Bonchev–Trinajstić information content (AvgIpc) is 2.48. The summed E-state index contributed by atoms with van der Waals surface area (Å²) in [6.07, 6.45) is 2.41. The highest BCUT2D eigenvalue weighted by Gasteiger charge is 2.25. The smallest absolute Gasteiger partial charge is 0.311 e. The molecule has 1 aromatic rings. The number of hydrogen-bond donors (Lipinski definition) is 1. The zero-order valence-corrected chi connectivity index (χ0v) is 12.3. The molecule has 0 radical (unpaired) electrons. The molecular weight excluding hydrogens is 271 g/mol. The van der Waals surface area contributed by atoms with Crippen LogP contribution < -0.4 is 5.32 Å². The third-order valence-corrected chi connectivity index (χ3v) is 3.78. The summed E-state index contributed by atoms with van der Waals surface area (Å²) in [4.78, 5) is 25.4. The predicted octanol–water partition coefficient (Wildman–Crippen LogP) is 1.74. The van der Waals surface area contributed by atoms with Gasteiger partial charge in [-0.25, -0.2) is 4.39 Å². The highest BCUT2D eigenvalue weighted by atomic mass is 19.1. The molecule has 0 spiro atoms. The number of carbonyl (C=O) groups is 2. The highest BCUT2D eigenvalue weighted by Crippen LogP contribution is 2.15. The molecule has 1 aliphatic heterocycles. The number of rotatable bonds is 3. The van der Waals surface area contributed by atoms with Crippen molar-refractivity contribution in [1.82, 2.24) is 10.2 Å². The largest absolute Gasteiger partial charge is 0.347 e. The van der Waals surface area contributed by atoms with Crippen molar-refractivity contribution in [3.63, 3.8) is 0 Å². The SMILES string of the molecule is CC1CCCN(C(=O)C(=O)NCCc2ccccc2F)C1. The molecule has 5 heteroatoms. The van der Waals surface area contributed by atoms with Gasteiger partial charge in [-0.1, -0.05) is 25.1 Å². The van der Waals surface area contributed by atoms with E-state index in [4.69, 9.17) is 0 Å². The summed E-state index contributed by atoms with van der Waals surface area (Å²) in [7, 11) is 0. The van der Waals surface area contributed by atoms with Crippen molar-refractivity contribution >= 4 is 11.8 Å². The lowest BCUT2D eigenvalue weighted by Crippen LogP contribution is -2.47. The maximum atomic E-state index is 13.4. The van der Waals surface area contributed by atoms with E-state index in [0.717, 1.165) is 12.8 Å². The lowest BCUT2D eigenvalue weighted by atomic mass is 10.0. The number of nitrogens with one attached hydrogen (secondary N) is 1. The quantitative estimate of drug-likeness (QED) is 0.863. The second-order valence-corrected chi connectivity index (χ2v) is 5.60. The van der Waals surface area contributed by atoms with Crippen LogP contribution in [0, 0.1) is 11.7 Å². The van der Waals surface area contributed by atoms with E-state index in [0.29, 0.717) is 31.0 Å². The van der Waals surface area contributed by atoms with Crippen LogP contribution in [0.1, 0.15) is 25.3 Å². The van der Waals surface area contributed by atoms with Gasteiger partial charge in [0, 0.05) is 19.6 Å². The third-order valence-electron chi connectivity index (χ3n) is 3.78. The van der Waals surface area contributed by atoms with E-state index in [9.17, 15) is 14.0 Å². The number of amides is 2. The number of likely N-dealkylation sites (tertiary alicyclic amines) is 1. The summed E-state index contributed by atoms with van der Waals surface area (Å²) in [5.74, 6) is -0.924. The van der Waals surface area contributed by atoms with Crippen LogP contribution in [0.3, 0.4) is 0 Å². The van der Waals surface area contributed by atoms with Gasteiger partial charge in [0.1, 0.15) is 5.82 Å². The molecule has 1 saturated heterocycles. The zero-order valence-electron chi connectivity index (χ0n) is 12.3. The van der Waals surface area contributed by atoms with Crippen molar-refractivity contribution in [2.75, 3.05) is 19.6 Å². The zero-order chi connectivity index (χ0) is 15.2. The first-order valence-electron chi connectivity index (χ1n) is 7.38. The third kappa shape index (κ3) is 4.28. The highest BCUT2D eigenvalue weighted by molar-refractivity contribution is 6.35. The Morgan fingerprint density at radius 2 is 2.14 bits per heavy atom. The number of benzene rings is 1.